The average molecular weight is 194 g/mol. The van der Waals surface area contributed by atoms with Crippen molar-refractivity contribution in [3.8, 4) is 6.07 Å². The minimum atomic E-state index is -0.112. The largest absolute Gasteiger partial charge is 0.374 e. The first-order valence-corrected chi connectivity index (χ1v) is 4.75. The minimum Gasteiger partial charge on any atom is -0.374 e. The van der Waals surface area contributed by atoms with Crippen molar-refractivity contribution in [2.45, 2.75) is 31.3 Å². The molecule has 2 aliphatic rings. The third-order valence-electron chi connectivity index (χ3n) is 2.90. The summed E-state index contributed by atoms with van der Waals surface area (Å²) in [7, 11) is 3.64. The van der Waals surface area contributed by atoms with Crippen molar-refractivity contribution < 1.29 is 9.47 Å². The van der Waals surface area contributed by atoms with Gasteiger partial charge >= 0.3 is 0 Å². The smallest absolute Gasteiger partial charge is 0.159 e. The van der Waals surface area contributed by atoms with Gasteiger partial charge in [-0.2, -0.15) is 5.26 Å². The Morgan fingerprint density at radius 3 is 3.14 bits per heavy atom. The fraction of sp³-hybridized carbons (Fsp3) is 0.700. The lowest BCUT2D eigenvalue weighted by atomic mass is 9.98. The molecule has 0 amide bonds. The Hall–Kier alpha value is -1.05. The van der Waals surface area contributed by atoms with Gasteiger partial charge in [-0.15, -0.1) is 0 Å². The van der Waals surface area contributed by atoms with Crippen LogP contribution in [0, 0.1) is 11.3 Å². The summed E-state index contributed by atoms with van der Waals surface area (Å²) in [5.74, 6) is 0. The molecular weight excluding hydrogens is 180 g/mol. The fourth-order valence-electron chi connectivity index (χ4n) is 2.14. The summed E-state index contributed by atoms with van der Waals surface area (Å²) in [6, 6.07) is 2.54. The topological polar surface area (TPSA) is 45.5 Å². The first-order valence-electron chi connectivity index (χ1n) is 4.75. The van der Waals surface area contributed by atoms with Crippen molar-refractivity contribution in [1.82, 2.24) is 4.90 Å². The molecule has 0 spiro atoms. The molecule has 0 aromatic heterocycles. The summed E-state index contributed by atoms with van der Waals surface area (Å²) < 4.78 is 10.8. The number of nitriles is 1. The van der Waals surface area contributed by atoms with Crippen LogP contribution >= 0.6 is 0 Å². The summed E-state index contributed by atoms with van der Waals surface area (Å²) >= 11 is 0. The normalized spacial score (nSPS) is 36.2. The SMILES string of the molecule is CO[C@H]1C[C@H]2[C@H](CC(C#N)=CN2C)O1. The van der Waals surface area contributed by atoms with Crippen LogP contribution in [0.2, 0.25) is 0 Å². The van der Waals surface area contributed by atoms with Gasteiger partial charge in [-0.1, -0.05) is 0 Å². The second-order valence-electron chi connectivity index (χ2n) is 3.78. The highest BCUT2D eigenvalue weighted by molar-refractivity contribution is 5.24. The van der Waals surface area contributed by atoms with E-state index in [0.717, 1.165) is 12.0 Å². The van der Waals surface area contributed by atoms with Gasteiger partial charge in [0, 0.05) is 38.8 Å². The molecule has 2 rings (SSSR count). The number of nitrogens with zero attached hydrogens (tertiary/aromatic N) is 2. The molecule has 0 unspecified atom stereocenters. The van der Waals surface area contributed by atoms with Gasteiger partial charge in [-0.3, -0.25) is 0 Å². The van der Waals surface area contributed by atoms with Gasteiger partial charge in [0.05, 0.1) is 18.2 Å². The van der Waals surface area contributed by atoms with Crippen LogP contribution in [0.15, 0.2) is 11.8 Å². The molecule has 0 aliphatic carbocycles. The highest BCUT2D eigenvalue weighted by Crippen LogP contribution is 2.32. The lowest BCUT2D eigenvalue weighted by Gasteiger charge is -2.31. The molecule has 4 heteroatoms. The zero-order valence-corrected chi connectivity index (χ0v) is 8.43. The summed E-state index contributed by atoms with van der Waals surface area (Å²) in [6.07, 6.45) is 3.50. The molecule has 2 aliphatic heterocycles. The van der Waals surface area contributed by atoms with Crippen molar-refractivity contribution in [2.75, 3.05) is 14.2 Å². The van der Waals surface area contributed by atoms with E-state index in [9.17, 15) is 0 Å². The zero-order valence-electron chi connectivity index (χ0n) is 8.43. The molecule has 76 valence electrons. The van der Waals surface area contributed by atoms with Gasteiger partial charge in [-0.05, 0) is 0 Å². The second kappa shape index (κ2) is 3.60. The number of rotatable bonds is 1. The molecule has 0 saturated carbocycles. The van der Waals surface area contributed by atoms with Gasteiger partial charge in [0.15, 0.2) is 6.29 Å². The van der Waals surface area contributed by atoms with Crippen LogP contribution in [0.4, 0.5) is 0 Å². The van der Waals surface area contributed by atoms with Crippen LogP contribution in [0.3, 0.4) is 0 Å². The number of hydrogen-bond acceptors (Lipinski definition) is 4. The van der Waals surface area contributed by atoms with Gasteiger partial charge < -0.3 is 14.4 Å². The first kappa shape index (κ1) is 9.50. The van der Waals surface area contributed by atoms with Crippen molar-refractivity contribution in [2.24, 2.45) is 0 Å². The fourth-order valence-corrected chi connectivity index (χ4v) is 2.14. The van der Waals surface area contributed by atoms with Crippen molar-refractivity contribution >= 4 is 0 Å². The molecule has 0 aromatic carbocycles. The molecule has 3 atom stereocenters. The molecule has 0 bridgehead atoms. The second-order valence-corrected chi connectivity index (χ2v) is 3.78. The molecule has 1 fully saturated rings. The third kappa shape index (κ3) is 1.49. The Bertz CT molecular complexity index is 295. The van der Waals surface area contributed by atoms with Crippen LogP contribution in [-0.4, -0.2) is 37.5 Å². The van der Waals surface area contributed by atoms with Crippen molar-refractivity contribution in [3.63, 3.8) is 0 Å². The van der Waals surface area contributed by atoms with Gasteiger partial charge in [-0.25, -0.2) is 0 Å². The van der Waals surface area contributed by atoms with E-state index in [2.05, 4.69) is 11.0 Å². The van der Waals surface area contributed by atoms with Crippen LogP contribution in [0.25, 0.3) is 0 Å². The third-order valence-corrected chi connectivity index (χ3v) is 2.90. The van der Waals surface area contributed by atoms with E-state index in [1.807, 2.05) is 13.2 Å². The number of fused-ring (bicyclic) bond motifs is 1. The molecule has 0 N–H and O–H groups in total. The maximum Gasteiger partial charge on any atom is 0.159 e. The number of ether oxygens (including phenoxy) is 2. The predicted molar refractivity (Wildman–Crippen MR) is 50.2 cm³/mol. The van der Waals surface area contributed by atoms with E-state index in [1.165, 1.54) is 0 Å². The Morgan fingerprint density at radius 2 is 2.50 bits per heavy atom. The van der Waals surface area contributed by atoms with Gasteiger partial charge in [0.25, 0.3) is 0 Å². The lowest BCUT2D eigenvalue weighted by molar-refractivity contribution is -0.115. The highest BCUT2D eigenvalue weighted by Gasteiger charge is 2.39. The average Bonchev–Trinajstić information content (AvgIpc) is 2.61. The predicted octanol–water partition coefficient (Wildman–Crippen LogP) is 0.859. The van der Waals surface area contributed by atoms with Crippen LogP contribution in [0.5, 0.6) is 0 Å². The maximum absolute atomic E-state index is 8.82. The molecule has 14 heavy (non-hydrogen) atoms. The van der Waals surface area contributed by atoms with E-state index in [-0.39, 0.29) is 12.4 Å². The van der Waals surface area contributed by atoms with E-state index in [1.54, 1.807) is 7.11 Å². The van der Waals surface area contributed by atoms with Crippen LogP contribution in [0.1, 0.15) is 12.8 Å². The summed E-state index contributed by atoms with van der Waals surface area (Å²) in [5, 5.41) is 8.82. The monoisotopic (exact) mass is 194 g/mol. The van der Waals surface area contributed by atoms with Crippen LogP contribution in [-0.2, 0) is 9.47 Å². The molecule has 0 aromatic rings. The molecule has 4 nitrogen and oxygen atoms in total. The Balaban J connectivity index is 2.12. The molecular formula is C10H14N2O2. The maximum atomic E-state index is 8.82. The quantitative estimate of drug-likeness (QED) is 0.621. The lowest BCUT2D eigenvalue weighted by Crippen LogP contribution is -2.38. The van der Waals surface area contributed by atoms with Crippen molar-refractivity contribution in [1.29, 1.82) is 5.26 Å². The first-order chi connectivity index (χ1) is 6.74. The summed E-state index contributed by atoms with van der Waals surface area (Å²) in [6.45, 7) is 0. The van der Waals surface area contributed by atoms with E-state index in [4.69, 9.17) is 14.7 Å². The minimum absolute atomic E-state index is 0.112. The standard InChI is InChI=1S/C10H14N2O2/c1-12-6-7(5-11)3-9-8(12)4-10(13-2)14-9/h6,8-10H,3-4H2,1-2H3/t8-,9-,10+/m0/s1. The van der Waals surface area contributed by atoms with E-state index >= 15 is 0 Å². The molecule has 0 radical (unpaired) electrons. The van der Waals surface area contributed by atoms with Gasteiger partial charge in [0.1, 0.15) is 0 Å². The van der Waals surface area contributed by atoms with E-state index in [0.29, 0.717) is 12.5 Å². The Labute approximate surface area is 83.7 Å². The number of hydrogen-bond donors (Lipinski definition) is 0. The Morgan fingerprint density at radius 1 is 1.71 bits per heavy atom. The van der Waals surface area contributed by atoms with E-state index < -0.39 is 0 Å². The summed E-state index contributed by atoms with van der Waals surface area (Å²) in [4.78, 5) is 2.06. The number of methoxy groups -OCH3 is 1. The number of likely N-dealkylation sites (N-methyl/N-ethyl adjacent to an activating group) is 1. The zero-order chi connectivity index (χ0) is 10.1. The highest BCUT2D eigenvalue weighted by atomic mass is 16.7. The van der Waals surface area contributed by atoms with Gasteiger partial charge in [0.2, 0.25) is 0 Å². The van der Waals surface area contributed by atoms with Crippen LogP contribution < -0.4 is 0 Å². The molecule has 1 saturated heterocycles. The summed E-state index contributed by atoms with van der Waals surface area (Å²) in [5.41, 5.74) is 0.783. The molecule has 2 heterocycles. The Kier molecular flexibility index (Phi) is 2.44. The van der Waals surface area contributed by atoms with Crippen molar-refractivity contribution in [3.05, 3.63) is 11.8 Å².